The molecule has 4 nitrogen and oxygen atoms in total. The Bertz CT molecular complexity index is 530. The van der Waals surface area contributed by atoms with Gasteiger partial charge < -0.3 is 10.1 Å². The third kappa shape index (κ3) is 5.50. The van der Waals surface area contributed by atoms with E-state index in [4.69, 9.17) is 21.6 Å². The van der Waals surface area contributed by atoms with Crippen LogP contribution in [0.5, 0.6) is 0 Å². The van der Waals surface area contributed by atoms with Gasteiger partial charge in [-0.25, -0.2) is 0 Å². The number of hydrogen-bond donors (Lipinski definition) is 1. The van der Waals surface area contributed by atoms with Crippen LogP contribution in [0.2, 0.25) is 5.02 Å². The molecule has 1 aromatic rings. The Balaban J connectivity index is 2.59. The largest absolute Gasteiger partial charge is 0.460 e. The van der Waals surface area contributed by atoms with Crippen molar-refractivity contribution in [1.82, 2.24) is 0 Å². The van der Waals surface area contributed by atoms with E-state index >= 15 is 0 Å². The summed E-state index contributed by atoms with van der Waals surface area (Å²) in [6.07, 6.45) is 0.259. The Morgan fingerprint density at radius 3 is 2.65 bits per heavy atom. The number of benzene rings is 1. The van der Waals surface area contributed by atoms with Gasteiger partial charge in [0.1, 0.15) is 11.7 Å². The fraction of sp³-hybridized carbons (Fsp3) is 0.467. The number of ether oxygens (including phenoxy) is 1. The van der Waals surface area contributed by atoms with Gasteiger partial charge in [0.05, 0.1) is 17.0 Å². The highest BCUT2D eigenvalue weighted by atomic mass is 35.5. The number of carbonyl (C=O) groups excluding carboxylic acids is 1. The molecular weight excluding hydrogens is 276 g/mol. The number of halogens is 1. The molecule has 0 heterocycles. The van der Waals surface area contributed by atoms with Gasteiger partial charge in [-0.15, -0.1) is 0 Å². The predicted molar refractivity (Wildman–Crippen MR) is 79.7 cm³/mol. The summed E-state index contributed by atoms with van der Waals surface area (Å²) >= 11 is 5.95. The topological polar surface area (TPSA) is 62.1 Å². The van der Waals surface area contributed by atoms with E-state index in [2.05, 4.69) is 5.32 Å². The maximum absolute atomic E-state index is 11.7. The number of rotatable bonds is 4. The fourth-order valence-electron chi connectivity index (χ4n) is 1.66. The van der Waals surface area contributed by atoms with Crippen LogP contribution < -0.4 is 5.32 Å². The molecule has 1 atom stereocenters. The molecule has 0 aromatic heterocycles. The number of anilines is 1. The van der Waals surface area contributed by atoms with Crippen LogP contribution in [0.15, 0.2) is 18.2 Å². The number of hydrogen-bond acceptors (Lipinski definition) is 4. The second-order valence-corrected chi connectivity index (χ2v) is 6.05. The monoisotopic (exact) mass is 294 g/mol. The quantitative estimate of drug-likeness (QED) is 0.859. The number of carbonyl (C=O) groups is 1. The molecule has 1 rings (SSSR count). The van der Waals surface area contributed by atoms with Crippen molar-refractivity contribution < 1.29 is 9.53 Å². The van der Waals surface area contributed by atoms with E-state index in [0.29, 0.717) is 10.6 Å². The van der Waals surface area contributed by atoms with Crippen LogP contribution in [0.4, 0.5) is 5.69 Å². The van der Waals surface area contributed by atoms with Crippen molar-refractivity contribution >= 4 is 23.3 Å². The molecule has 0 saturated carbocycles. The van der Waals surface area contributed by atoms with E-state index in [1.165, 1.54) is 0 Å². The fourth-order valence-corrected chi connectivity index (χ4v) is 1.89. The van der Waals surface area contributed by atoms with Gasteiger partial charge >= 0.3 is 5.97 Å². The van der Waals surface area contributed by atoms with E-state index in [9.17, 15) is 4.79 Å². The van der Waals surface area contributed by atoms with Crippen molar-refractivity contribution in [1.29, 1.82) is 5.26 Å². The molecule has 5 heteroatoms. The molecule has 0 amide bonds. The summed E-state index contributed by atoms with van der Waals surface area (Å²) < 4.78 is 5.26. The van der Waals surface area contributed by atoms with E-state index in [1.54, 1.807) is 18.2 Å². The minimum Gasteiger partial charge on any atom is -0.460 e. The first-order chi connectivity index (χ1) is 9.21. The van der Waals surface area contributed by atoms with Crippen LogP contribution in [0.3, 0.4) is 0 Å². The lowest BCUT2D eigenvalue weighted by Crippen LogP contribution is -2.28. The molecule has 1 unspecified atom stereocenters. The molecule has 0 aliphatic heterocycles. The van der Waals surface area contributed by atoms with Crippen molar-refractivity contribution in [2.24, 2.45) is 0 Å². The zero-order chi connectivity index (χ0) is 15.3. The molecule has 0 aliphatic rings. The first-order valence-electron chi connectivity index (χ1n) is 6.39. The Labute approximate surface area is 124 Å². The molecule has 108 valence electrons. The van der Waals surface area contributed by atoms with Gasteiger partial charge in [0.2, 0.25) is 0 Å². The van der Waals surface area contributed by atoms with Gasteiger partial charge in [0.25, 0.3) is 0 Å². The van der Waals surface area contributed by atoms with Crippen molar-refractivity contribution in [3.05, 3.63) is 28.8 Å². The van der Waals surface area contributed by atoms with Crippen LogP contribution in [0.25, 0.3) is 0 Å². The molecule has 0 bridgehead atoms. The molecular formula is C15H19ClN2O2. The minimum absolute atomic E-state index is 0.0890. The van der Waals surface area contributed by atoms with Gasteiger partial charge in [0, 0.05) is 11.7 Å². The van der Waals surface area contributed by atoms with Crippen LogP contribution in [0.1, 0.15) is 39.7 Å². The average Bonchev–Trinajstić information content (AvgIpc) is 2.25. The Kier molecular flexibility index (Phi) is 5.41. The lowest BCUT2D eigenvalue weighted by atomic mass is 10.1. The molecule has 1 N–H and O–H groups in total. The summed E-state index contributed by atoms with van der Waals surface area (Å²) in [7, 11) is 0. The Morgan fingerprint density at radius 2 is 2.15 bits per heavy atom. The van der Waals surface area contributed by atoms with Crippen LogP contribution in [-0.2, 0) is 9.53 Å². The predicted octanol–water partition coefficient (Wildman–Crippen LogP) is 3.74. The van der Waals surface area contributed by atoms with Crippen LogP contribution >= 0.6 is 11.6 Å². The summed E-state index contributed by atoms with van der Waals surface area (Å²) in [5, 5.41) is 12.3. The number of nitrogens with one attached hydrogen (secondary N) is 1. The number of nitriles is 1. The third-order valence-electron chi connectivity index (χ3n) is 2.40. The van der Waals surface area contributed by atoms with Crippen molar-refractivity contribution in [3.63, 3.8) is 0 Å². The van der Waals surface area contributed by atoms with Crippen LogP contribution in [-0.4, -0.2) is 17.6 Å². The summed E-state index contributed by atoms with van der Waals surface area (Å²) in [6, 6.07) is 6.99. The van der Waals surface area contributed by atoms with Gasteiger partial charge in [-0.05, 0) is 45.9 Å². The zero-order valence-corrected chi connectivity index (χ0v) is 12.9. The van der Waals surface area contributed by atoms with Gasteiger partial charge in [-0.2, -0.15) is 5.26 Å². The lowest BCUT2D eigenvalue weighted by molar-refractivity contribution is -0.154. The molecule has 0 radical (unpaired) electrons. The van der Waals surface area contributed by atoms with Crippen molar-refractivity contribution in [2.45, 2.75) is 45.8 Å². The van der Waals surface area contributed by atoms with Crippen molar-refractivity contribution in [2.75, 3.05) is 5.32 Å². The van der Waals surface area contributed by atoms with E-state index in [1.807, 2.05) is 33.8 Å². The third-order valence-corrected chi connectivity index (χ3v) is 2.71. The van der Waals surface area contributed by atoms with E-state index < -0.39 is 5.60 Å². The maximum Gasteiger partial charge on any atom is 0.308 e. The first kappa shape index (κ1) is 16.3. The normalized spacial score (nSPS) is 12.4. The highest BCUT2D eigenvalue weighted by molar-refractivity contribution is 6.32. The van der Waals surface area contributed by atoms with Crippen molar-refractivity contribution in [3.8, 4) is 6.07 Å². The Hall–Kier alpha value is -1.73. The minimum atomic E-state index is -0.478. The molecule has 0 spiro atoms. The summed E-state index contributed by atoms with van der Waals surface area (Å²) in [5.41, 5.74) is 0.719. The number of nitrogens with zero attached hydrogens (tertiary/aromatic N) is 1. The first-order valence-corrected chi connectivity index (χ1v) is 6.77. The SMILES string of the molecule is CC(CC(=O)OC(C)(C)C)Nc1ccc(C#N)c(Cl)c1. The second kappa shape index (κ2) is 6.62. The van der Waals surface area contributed by atoms with Crippen LogP contribution in [0, 0.1) is 11.3 Å². The summed E-state index contributed by atoms with van der Waals surface area (Å²) in [6.45, 7) is 7.40. The van der Waals surface area contributed by atoms with E-state index in [-0.39, 0.29) is 18.4 Å². The zero-order valence-electron chi connectivity index (χ0n) is 12.2. The molecule has 20 heavy (non-hydrogen) atoms. The molecule has 0 saturated heterocycles. The molecule has 1 aromatic carbocycles. The standard InChI is InChI=1S/C15H19ClN2O2/c1-10(7-14(19)20-15(2,3)4)18-12-6-5-11(9-17)13(16)8-12/h5-6,8,10,18H,7H2,1-4H3. The smallest absolute Gasteiger partial charge is 0.308 e. The highest BCUT2D eigenvalue weighted by Crippen LogP contribution is 2.21. The second-order valence-electron chi connectivity index (χ2n) is 5.64. The highest BCUT2D eigenvalue weighted by Gasteiger charge is 2.18. The van der Waals surface area contributed by atoms with Gasteiger partial charge in [0.15, 0.2) is 0 Å². The van der Waals surface area contributed by atoms with E-state index in [0.717, 1.165) is 5.69 Å². The molecule has 0 fully saturated rings. The Morgan fingerprint density at radius 1 is 1.50 bits per heavy atom. The van der Waals surface area contributed by atoms with Gasteiger partial charge in [-0.1, -0.05) is 11.6 Å². The lowest BCUT2D eigenvalue weighted by Gasteiger charge is -2.21. The van der Waals surface area contributed by atoms with Gasteiger partial charge in [-0.3, -0.25) is 4.79 Å². The summed E-state index contributed by atoms with van der Waals surface area (Å²) in [5.74, 6) is -0.253. The average molecular weight is 295 g/mol. The maximum atomic E-state index is 11.7. The summed E-state index contributed by atoms with van der Waals surface area (Å²) in [4.78, 5) is 11.7. The molecule has 0 aliphatic carbocycles. The number of esters is 1.